The molecule has 0 aliphatic rings. The van der Waals surface area contributed by atoms with Gasteiger partial charge in [0.15, 0.2) is 0 Å². The molecule has 0 fully saturated rings. The Morgan fingerprint density at radius 1 is 1.21 bits per heavy atom. The standard InChI is InChI=1S/C12H9N3O4/c16-12(17)13-9-6-7-10(15(18)19)14-11(9)8-4-2-1-3-5-8/h1-7,13H,(H,16,17). The maximum Gasteiger partial charge on any atom is 0.409 e. The Kier molecular flexibility index (Phi) is 3.37. The zero-order chi connectivity index (χ0) is 13.8. The Hall–Kier alpha value is -2.96. The summed E-state index contributed by atoms with van der Waals surface area (Å²) in [6.07, 6.45) is -1.26. The van der Waals surface area contributed by atoms with E-state index < -0.39 is 11.0 Å². The van der Waals surface area contributed by atoms with E-state index in [-0.39, 0.29) is 17.2 Å². The molecule has 1 aromatic carbocycles. The zero-order valence-corrected chi connectivity index (χ0v) is 9.61. The molecular weight excluding hydrogens is 250 g/mol. The quantitative estimate of drug-likeness (QED) is 0.651. The van der Waals surface area contributed by atoms with E-state index in [1.165, 1.54) is 6.07 Å². The van der Waals surface area contributed by atoms with Crippen molar-refractivity contribution >= 4 is 17.6 Å². The average Bonchev–Trinajstić information content (AvgIpc) is 2.39. The van der Waals surface area contributed by atoms with Crippen LogP contribution in [0.2, 0.25) is 0 Å². The molecule has 2 N–H and O–H groups in total. The summed E-state index contributed by atoms with van der Waals surface area (Å²) in [6, 6.07) is 11.1. The highest BCUT2D eigenvalue weighted by Gasteiger charge is 2.18. The largest absolute Gasteiger partial charge is 0.465 e. The van der Waals surface area contributed by atoms with Crippen molar-refractivity contribution in [1.29, 1.82) is 0 Å². The number of nitro groups is 1. The summed E-state index contributed by atoms with van der Waals surface area (Å²) in [5.41, 5.74) is 1.01. The number of hydrogen-bond donors (Lipinski definition) is 2. The Morgan fingerprint density at radius 2 is 1.89 bits per heavy atom. The molecule has 1 heterocycles. The number of hydrogen-bond acceptors (Lipinski definition) is 4. The van der Waals surface area contributed by atoms with Crippen LogP contribution in [0.15, 0.2) is 42.5 Å². The summed E-state index contributed by atoms with van der Waals surface area (Å²) in [4.78, 5) is 24.7. The summed E-state index contributed by atoms with van der Waals surface area (Å²) >= 11 is 0. The van der Waals surface area contributed by atoms with Gasteiger partial charge in [0.25, 0.3) is 0 Å². The smallest absolute Gasteiger partial charge is 0.409 e. The number of carbonyl (C=O) groups is 1. The first-order valence-corrected chi connectivity index (χ1v) is 5.29. The summed E-state index contributed by atoms with van der Waals surface area (Å²) in [5.74, 6) is -0.338. The molecule has 0 radical (unpaired) electrons. The minimum absolute atomic E-state index is 0.198. The predicted molar refractivity (Wildman–Crippen MR) is 68.0 cm³/mol. The number of nitrogens with zero attached hydrogens (tertiary/aromatic N) is 2. The van der Waals surface area contributed by atoms with Gasteiger partial charge in [-0.25, -0.2) is 4.79 Å². The number of amides is 1. The number of nitrogens with one attached hydrogen (secondary N) is 1. The Morgan fingerprint density at radius 3 is 2.47 bits per heavy atom. The molecule has 0 aliphatic heterocycles. The predicted octanol–water partition coefficient (Wildman–Crippen LogP) is 2.75. The van der Waals surface area contributed by atoms with Gasteiger partial charge < -0.3 is 15.2 Å². The molecule has 0 atom stereocenters. The molecule has 0 unspecified atom stereocenters. The molecule has 1 amide bonds. The van der Waals surface area contributed by atoms with Crippen LogP contribution in [0.5, 0.6) is 0 Å². The summed E-state index contributed by atoms with van der Waals surface area (Å²) in [5, 5.41) is 21.6. The van der Waals surface area contributed by atoms with Crippen molar-refractivity contribution in [3.8, 4) is 11.3 Å². The van der Waals surface area contributed by atoms with Crippen LogP contribution in [-0.2, 0) is 0 Å². The van der Waals surface area contributed by atoms with Crippen LogP contribution in [0, 0.1) is 10.1 Å². The van der Waals surface area contributed by atoms with Gasteiger partial charge in [0.1, 0.15) is 0 Å². The first-order valence-electron chi connectivity index (χ1n) is 5.29. The number of rotatable bonds is 3. The molecule has 0 saturated carbocycles. The SMILES string of the molecule is O=C(O)Nc1ccc([N+](=O)[O-])nc1-c1ccccc1. The number of pyridine rings is 1. The fraction of sp³-hybridized carbons (Fsp3) is 0. The average molecular weight is 259 g/mol. The lowest BCUT2D eigenvalue weighted by atomic mass is 10.1. The van der Waals surface area contributed by atoms with Crippen LogP contribution < -0.4 is 5.32 Å². The molecule has 0 bridgehead atoms. The normalized spacial score (nSPS) is 9.89. The number of aromatic nitrogens is 1. The van der Waals surface area contributed by atoms with Crippen LogP contribution in [0.3, 0.4) is 0 Å². The van der Waals surface area contributed by atoms with Crippen molar-refractivity contribution < 1.29 is 14.8 Å². The van der Waals surface area contributed by atoms with Crippen LogP contribution in [0.4, 0.5) is 16.3 Å². The van der Waals surface area contributed by atoms with Crippen molar-refractivity contribution in [3.63, 3.8) is 0 Å². The number of anilines is 1. The van der Waals surface area contributed by atoms with Crippen LogP contribution >= 0.6 is 0 Å². The van der Waals surface area contributed by atoms with Gasteiger partial charge in [-0.1, -0.05) is 30.3 Å². The van der Waals surface area contributed by atoms with Gasteiger partial charge in [-0.2, -0.15) is 0 Å². The topological polar surface area (TPSA) is 105 Å². The fourth-order valence-corrected chi connectivity index (χ4v) is 1.58. The van der Waals surface area contributed by atoms with Crippen LogP contribution in [0.25, 0.3) is 11.3 Å². The van der Waals surface area contributed by atoms with Crippen molar-refractivity contribution in [2.24, 2.45) is 0 Å². The first kappa shape index (κ1) is 12.5. The molecule has 2 rings (SSSR count). The summed E-state index contributed by atoms with van der Waals surface area (Å²) in [6.45, 7) is 0. The molecule has 7 nitrogen and oxygen atoms in total. The minimum Gasteiger partial charge on any atom is -0.465 e. The van der Waals surface area contributed by atoms with Crippen molar-refractivity contribution in [3.05, 3.63) is 52.6 Å². The first-order chi connectivity index (χ1) is 9.08. The Bertz CT molecular complexity index is 628. The Labute approximate surface area is 107 Å². The molecule has 96 valence electrons. The van der Waals surface area contributed by atoms with Gasteiger partial charge in [0.2, 0.25) is 5.69 Å². The highest BCUT2D eigenvalue weighted by Crippen LogP contribution is 2.28. The van der Waals surface area contributed by atoms with E-state index >= 15 is 0 Å². The zero-order valence-electron chi connectivity index (χ0n) is 9.61. The lowest BCUT2D eigenvalue weighted by molar-refractivity contribution is -0.389. The monoisotopic (exact) mass is 259 g/mol. The number of carboxylic acid groups (broad SMARTS) is 1. The minimum atomic E-state index is -1.26. The maximum atomic E-state index is 10.7. The van der Waals surface area contributed by atoms with Crippen molar-refractivity contribution in [2.45, 2.75) is 0 Å². The van der Waals surface area contributed by atoms with Gasteiger partial charge in [-0.3, -0.25) is 5.32 Å². The molecule has 19 heavy (non-hydrogen) atoms. The molecule has 1 aromatic heterocycles. The van der Waals surface area contributed by atoms with E-state index in [1.807, 2.05) is 0 Å². The van der Waals surface area contributed by atoms with E-state index in [2.05, 4.69) is 10.3 Å². The second-order valence-corrected chi connectivity index (χ2v) is 3.62. The molecular formula is C12H9N3O4. The van der Waals surface area contributed by atoms with Crippen molar-refractivity contribution in [1.82, 2.24) is 4.98 Å². The van der Waals surface area contributed by atoms with Crippen molar-refractivity contribution in [2.75, 3.05) is 5.32 Å². The second-order valence-electron chi connectivity index (χ2n) is 3.62. The van der Waals surface area contributed by atoms with E-state index in [9.17, 15) is 14.9 Å². The highest BCUT2D eigenvalue weighted by atomic mass is 16.6. The van der Waals surface area contributed by atoms with E-state index in [0.29, 0.717) is 5.56 Å². The van der Waals surface area contributed by atoms with Gasteiger partial charge in [-0.05, 0) is 16.0 Å². The molecule has 7 heteroatoms. The fourth-order valence-electron chi connectivity index (χ4n) is 1.58. The molecule has 0 aliphatic carbocycles. The van der Waals surface area contributed by atoms with Gasteiger partial charge in [-0.15, -0.1) is 0 Å². The van der Waals surface area contributed by atoms with Gasteiger partial charge in [0.05, 0.1) is 5.69 Å². The van der Waals surface area contributed by atoms with Crippen LogP contribution in [-0.4, -0.2) is 21.1 Å². The van der Waals surface area contributed by atoms with E-state index in [1.54, 1.807) is 30.3 Å². The summed E-state index contributed by atoms with van der Waals surface area (Å²) in [7, 11) is 0. The molecule has 0 spiro atoms. The number of benzene rings is 1. The Balaban J connectivity index is 2.56. The molecule has 2 aromatic rings. The maximum absolute atomic E-state index is 10.7. The molecule has 0 saturated heterocycles. The second kappa shape index (κ2) is 5.13. The summed E-state index contributed by atoms with van der Waals surface area (Å²) < 4.78 is 0. The van der Waals surface area contributed by atoms with Crippen LogP contribution in [0.1, 0.15) is 0 Å². The third kappa shape index (κ3) is 2.83. The third-order valence-electron chi connectivity index (χ3n) is 2.36. The lowest BCUT2D eigenvalue weighted by Gasteiger charge is -2.04. The lowest BCUT2D eigenvalue weighted by Crippen LogP contribution is -2.09. The van der Waals surface area contributed by atoms with Gasteiger partial charge in [0, 0.05) is 11.6 Å². The van der Waals surface area contributed by atoms with E-state index in [4.69, 9.17) is 5.11 Å². The van der Waals surface area contributed by atoms with Gasteiger partial charge >= 0.3 is 11.9 Å². The third-order valence-corrected chi connectivity index (χ3v) is 2.36. The van der Waals surface area contributed by atoms with E-state index in [0.717, 1.165) is 6.07 Å². The highest BCUT2D eigenvalue weighted by molar-refractivity contribution is 5.89.